The first-order valence-corrected chi connectivity index (χ1v) is 7.63. The summed E-state index contributed by atoms with van der Waals surface area (Å²) < 4.78 is 5.26. The van der Waals surface area contributed by atoms with E-state index >= 15 is 0 Å². The van der Waals surface area contributed by atoms with Crippen LogP contribution in [0.2, 0.25) is 0 Å². The number of aromatic nitrogens is 2. The second-order valence-electron chi connectivity index (χ2n) is 6.78. The van der Waals surface area contributed by atoms with E-state index in [-0.39, 0.29) is 17.0 Å². The van der Waals surface area contributed by atoms with Crippen LogP contribution < -0.4 is 10.9 Å². The molecule has 0 saturated carbocycles. The minimum absolute atomic E-state index is 0.0595. The third-order valence-corrected chi connectivity index (χ3v) is 3.50. The molecule has 0 radical (unpaired) electrons. The molecule has 0 aromatic carbocycles. The van der Waals surface area contributed by atoms with Gasteiger partial charge in [-0.05, 0) is 26.0 Å². The monoisotopic (exact) mass is 317 g/mol. The van der Waals surface area contributed by atoms with Crippen molar-refractivity contribution in [3.63, 3.8) is 0 Å². The number of nitrogens with one attached hydrogen (secondary N) is 2. The van der Waals surface area contributed by atoms with Crippen molar-refractivity contribution in [2.75, 3.05) is 0 Å². The van der Waals surface area contributed by atoms with Gasteiger partial charge in [-0.3, -0.25) is 9.59 Å². The molecule has 2 N–H and O–H groups in total. The Hall–Kier alpha value is -2.37. The molecule has 1 unspecified atom stereocenters. The molecule has 2 rings (SSSR count). The van der Waals surface area contributed by atoms with Crippen LogP contribution in [0.25, 0.3) is 0 Å². The summed E-state index contributed by atoms with van der Waals surface area (Å²) in [5.74, 6) is 0.931. The third-order valence-electron chi connectivity index (χ3n) is 3.50. The molecule has 0 saturated heterocycles. The van der Waals surface area contributed by atoms with Crippen molar-refractivity contribution < 1.29 is 9.21 Å². The van der Waals surface area contributed by atoms with Gasteiger partial charge in [0.1, 0.15) is 17.1 Å². The molecule has 0 bridgehead atoms. The lowest BCUT2D eigenvalue weighted by atomic mass is 9.95. The molecule has 6 nitrogen and oxygen atoms in total. The highest BCUT2D eigenvalue weighted by Gasteiger charge is 2.23. The topological polar surface area (TPSA) is 88.0 Å². The number of furan rings is 1. The lowest BCUT2D eigenvalue weighted by molar-refractivity contribution is 0.0936. The number of carbonyl (C=O) groups excluding carboxylic acids is 1. The van der Waals surface area contributed by atoms with Crippen molar-refractivity contribution in [2.24, 2.45) is 0 Å². The Morgan fingerprint density at radius 2 is 2.13 bits per heavy atom. The molecule has 6 heteroatoms. The number of amides is 1. The quantitative estimate of drug-likeness (QED) is 0.906. The molecule has 2 aromatic rings. The summed E-state index contributed by atoms with van der Waals surface area (Å²) in [6, 6.07) is 3.49. The number of hydrogen-bond donors (Lipinski definition) is 2. The van der Waals surface area contributed by atoms with Crippen molar-refractivity contribution in [3.05, 3.63) is 51.6 Å². The van der Waals surface area contributed by atoms with Crippen LogP contribution in [0.4, 0.5) is 0 Å². The van der Waals surface area contributed by atoms with E-state index in [4.69, 9.17) is 4.42 Å². The van der Waals surface area contributed by atoms with E-state index < -0.39 is 11.5 Å². The Balaban J connectivity index is 2.18. The molecule has 0 aliphatic carbocycles. The van der Waals surface area contributed by atoms with Crippen molar-refractivity contribution in [3.8, 4) is 0 Å². The first-order valence-electron chi connectivity index (χ1n) is 7.63. The maximum atomic E-state index is 12.4. The maximum absolute atomic E-state index is 12.4. The predicted molar refractivity (Wildman–Crippen MR) is 87.6 cm³/mol. The Labute approximate surface area is 135 Å². The standard InChI is InChI=1S/C17H23N3O3/c1-10(9-12-7-6-8-23-12)18-14(21)13-11(2)19-16(17(3,4)5)20-15(13)22/h6-8,10H,9H2,1-5H3,(H,18,21)(H,19,20,22). The fourth-order valence-electron chi connectivity index (χ4n) is 2.29. The van der Waals surface area contributed by atoms with E-state index in [9.17, 15) is 9.59 Å². The number of aryl methyl sites for hydroxylation is 1. The normalized spacial score (nSPS) is 12.9. The fraction of sp³-hybridized carbons (Fsp3) is 0.471. The summed E-state index contributed by atoms with van der Waals surface area (Å²) in [5, 5.41) is 2.82. The average molecular weight is 317 g/mol. The summed E-state index contributed by atoms with van der Waals surface area (Å²) in [5.41, 5.74) is -0.207. The molecule has 1 atom stereocenters. The summed E-state index contributed by atoms with van der Waals surface area (Å²) in [6.07, 6.45) is 2.15. The Morgan fingerprint density at radius 1 is 1.43 bits per heavy atom. The van der Waals surface area contributed by atoms with Crippen LogP contribution in [0.3, 0.4) is 0 Å². The molecule has 0 fully saturated rings. The van der Waals surface area contributed by atoms with Gasteiger partial charge in [-0.1, -0.05) is 20.8 Å². The molecule has 2 aromatic heterocycles. The number of aromatic amines is 1. The number of nitrogens with zero attached hydrogens (tertiary/aromatic N) is 1. The molecule has 1 amide bonds. The van der Waals surface area contributed by atoms with Crippen LogP contribution in [-0.2, 0) is 11.8 Å². The van der Waals surface area contributed by atoms with Crippen molar-refractivity contribution in [2.45, 2.75) is 52.5 Å². The minimum Gasteiger partial charge on any atom is -0.469 e. The Kier molecular flexibility index (Phi) is 4.73. The largest absolute Gasteiger partial charge is 0.469 e. The molecule has 0 aliphatic heterocycles. The van der Waals surface area contributed by atoms with Crippen LogP contribution >= 0.6 is 0 Å². The first kappa shape index (κ1) is 17.0. The highest BCUT2D eigenvalue weighted by atomic mass is 16.3. The van der Waals surface area contributed by atoms with Gasteiger partial charge in [-0.25, -0.2) is 4.98 Å². The maximum Gasteiger partial charge on any atom is 0.264 e. The number of rotatable bonds is 4. The van der Waals surface area contributed by atoms with Gasteiger partial charge in [0.25, 0.3) is 11.5 Å². The lowest BCUT2D eigenvalue weighted by Gasteiger charge is -2.19. The lowest BCUT2D eigenvalue weighted by Crippen LogP contribution is -2.39. The van der Waals surface area contributed by atoms with E-state index in [1.807, 2.05) is 33.8 Å². The van der Waals surface area contributed by atoms with Gasteiger partial charge >= 0.3 is 0 Å². The van der Waals surface area contributed by atoms with E-state index in [0.717, 1.165) is 5.76 Å². The van der Waals surface area contributed by atoms with Crippen LogP contribution in [0.5, 0.6) is 0 Å². The summed E-state index contributed by atoms with van der Waals surface area (Å²) >= 11 is 0. The summed E-state index contributed by atoms with van der Waals surface area (Å²) in [7, 11) is 0. The minimum atomic E-state index is -0.421. The van der Waals surface area contributed by atoms with Crippen molar-refractivity contribution in [1.82, 2.24) is 15.3 Å². The zero-order chi connectivity index (χ0) is 17.2. The van der Waals surface area contributed by atoms with Crippen molar-refractivity contribution >= 4 is 5.91 Å². The first-order chi connectivity index (χ1) is 10.7. The van der Waals surface area contributed by atoms with Crippen LogP contribution in [0, 0.1) is 6.92 Å². The van der Waals surface area contributed by atoms with Gasteiger partial charge < -0.3 is 14.7 Å². The van der Waals surface area contributed by atoms with Gasteiger partial charge in [0.15, 0.2) is 0 Å². The molecule has 0 spiro atoms. The molecule has 124 valence electrons. The number of H-pyrrole nitrogens is 1. The smallest absolute Gasteiger partial charge is 0.264 e. The van der Waals surface area contributed by atoms with Gasteiger partial charge in [0.2, 0.25) is 0 Å². The van der Waals surface area contributed by atoms with E-state index in [0.29, 0.717) is 17.9 Å². The van der Waals surface area contributed by atoms with Gasteiger partial charge in [0, 0.05) is 17.9 Å². The number of hydrogen-bond acceptors (Lipinski definition) is 4. The zero-order valence-electron chi connectivity index (χ0n) is 14.2. The third kappa shape index (κ3) is 4.09. The molecular formula is C17H23N3O3. The van der Waals surface area contributed by atoms with Crippen LogP contribution in [0.1, 0.15) is 55.3 Å². The van der Waals surface area contributed by atoms with Gasteiger partial charge in [-0.2, -0.15) is 0 Å². The molecule has 0 aliphatic rings. The van der Waals surface area contributed by atoms with Crippen LogP contribution in [0.15, 0.2) is 27.6 Å². The number of carbonyl (C=O) groups is 1. The van der Waals surface area contributed by atoms with E-state index in [1.54, 1.807) is 19.3 Å². The SMILES string of the molecule is Cc1nc(C(C)(C)C)[nH]c(=O)c1C(=O)NC(C)Cc1ccco1. The van der Waals surface area contributed by atoms with Gasteiger partial charge in [0.05, 0.1) is 12.0 Å². The predicted octanol–water partition coefficient (Wildman–Crippen LogP) is 2.33. The Morgan fingerprint density at radius 3 is 2.65 bits per heavy atom. The summed E-state index contributed by atoms with van der Waals surface area (Å²) in [6.45, 7) is 9.40. The zero-order valence-corrected chi connectivity index (χ0v) is 14.2. The molecular weight excluding hydrogens is 294 g/mol. The average Bonchev–Trinajstić information content (AvgIpc) is 2.89. The highest BCUT2D eigenvalue weighted by Crippen LogP contribution is 2.17. The van der Waals surface area contributed by atoms with Crippen molar-refractivity contribution in [1.29, 1.82) is 0 Å². The second-order valence-corrected chi connectivity index (χ2v) is 6.78. The fourth-order valence-corrected chi connectivity index (χ4v) is 2.29. The van der Waals surface area contributed by atoms with Crippen LogP contribution in [-0.4, -0.2) is 21.9 Å². The molecule has 23 heavy (non-hydrogen) atoms. The van der Waals surface area contributed by atoms with Gasteiger partial charge in [-0.15, -0.1) is 0 Å². The second kappa shape index (κ2) is 6.40. The Bertz CT molecular complexity index is 739. The molecule has 2 heterocycles. The summed E-state index contributed by atoms with van der Waals surface area (Å²) in [4.78, 5) is 31.7. The highest BCUT2D eigenvalue weighted by molar-refractivity contribution is 5.95. The van der Waals surface area contributed by atoms with E-state index in [1.165, 1.54) is 0 Å². The van der Waals surface area contributed by atoms with E-state index in [2.05, 4.69) is 15.3 Å².